The summed E-state index contributed by atoms with van der Waals surface area (Å²) in [7, 11) is 0. The summed E-state index contributed by atoms with van der Waals surface area (Å²) in [6.07, 6.45) is -3.21. The molecule has 0 aliphatic carbocycles. The molecular weight excluding hydrogens is 264 g/mol. The van der Waals surface area contributed by atoms with Crippen molar-refractivity contribution in [3.63, 3.8) is 0 Å². The third-order valence-corrected chi connectivity index (χ3v) is 2.60. The average molecular weight is 281 g/mol. The van der Waals surface area contributed by atoms with Gasteiger partial charge in [-0.15, -0.1) is 0 Å². The molecule has 19 heavy (non-hydrogen) atoms. The zero-order valence-corrected chi connectivity index (χ0v) is 10.4. The molecule has 1 aliphatic rings. The van der Waals surface area contributed by atoms with Gasteiger partial charge in [0.25, 0.3) is 6.43 Å². The minimum Gasteiger partial charge on any atom is -0.481 e. The number of hydrogen-bond donors (Lipinski definition) is 1. The summed E-state index contributed by atoms with van der Waals surface area (Å²) in [5.41, 5.74) is 0. The lowest BCUT2D eigenvalue weighted by molar-refractivity contribution is -0.148. The third-order valence-electron chi connectivity index (χ3n) is 2.60. The van der Waals surface area contributed by atoms with Crippen molar-refractivity contribution in [2.24, 2.45) is 0 Å². The van der Waals surface area contributed by atoms with Gasteiger partial charge in [0.05, 0.1) is 32.2 Å². The van der Waals surface area contributed by atoms with Crippen LogP contribution >= 0.6 is 0 Å². The lowest BCUT2D eigenvalue weighted by atomic mass is 10.2. The van der Waals surface area contributed by atoms with Crippen LogP contribution in [0.25, 0.3) is 0 Å². The summed E-state index contributed by atoms with van der Waals surface area (Å²) >= 11 is 0. The minimum atomic E-state index is -2.54. The highest BCUT2D eigenvalue weighted by molar-refractivity contribution is 5.76. The average Bonchev–Trinajstić information content (AvgIpc) is 2.33. The highest BCUT2D eigenvalue weighted by Gasteiger charge is 2.25. The molecule has 1 rings (SSSR count). The molecule has 0 spiro atoms. The number of halogens is 2. The van der Waals surface area contributed by atoms with E-state index in [0.717, 1.165) is 0 Å². The maximum Gasteiger partial charge on any atom is 0.306 e. The van der Waals surface area contributed by atoms with Crippen LogP contribution in [0, 0.1) is 0 Å². The fourth-order valence-corrected chi connectivity index (χ4v) is 1.75. The first-order valence-electron chi connectivity index (χ1n) is 5.96. The molecule has 0 bridgehead atoms. The molecule has 0 radical (unpaired) electrons. The Morgan fingerprint density at radius 2 is 2.21 bits per heavy atom. The summed E-state index contributed by atoms with van der Waals surface area (Å²) in [6.45, 7) is 0.119. The number of carboxylic acid groups (broad SMARTS) is 1. The quantitative estimate of drug-likeness (QED) is 0.682. The molecule has 1 N–H and O–H groups in total. The lowest BCUT2D eigenvalue weighted by Gasteiger charge is -2.32. The molecule has 1 heterocycles. The van der Waals surface area contributed by atoms with Crippen LogP contribution in [0.4, 0.5) is 8.78 Å². The lowest BCUT2D eigenvalue weighted by Crippen LogP contribution is -2.46. The number of hydrogen-bond acceptors (Lipinski definition) is 4. The molecule has 1 saturated heterocycles. The van der Waals surface area contributed by atoms with Crippen molar-refractivity contribution >= 4 is 11.9 Å². The molecule has 1 unspecified atom stereocenters. The van der Waals surface area contributed by atoms with Crippen LogP contribution in [-0.4, -0.2) is 67.3 Å². The Morgan fingerprint density at radius 3 is 2.84 bits per heavy atom. The molecular formula is C11H17F2NO5. The van der Waals surface area contributed by atoms with Gasteiger partial charge in [-0.25, -0.2) is 8.78 Å². The van der Waals surface area contributed by atoms with E-state index < -0.39 is 25.1 Å². The van der Waals surface area contributed by atoms with Gasteiger partial charge in [-0.1, -0.05) is 0 Å². The van der Waals surface area contributed by atoms with E-state index in [0.29, 0.717) is 6.54 Å². The molecule has 0 aromatic heterocycles. The van der Waals surface area contributed by atoms with Crippen LogP contribution in [-0.2, 0) is 19.1 Å². The standard InChI is InChI=1S/C11H17F2NO5/c12-9(13)7-18-3-1-10(15)14-2-4-19-8(6-14)5-11(16)17/h8-9H,1-7H2,(H,16,17). The van der Waals surface area contributed by atoms with Gasteiger partial charge in [-0.2, -0.15) is 0 Å². The van der Waals surface area contributed by atoms with E-state index in [4.69, 9.17) is 9.84 Å². The van der Waals surface area contributed by atoms with Crippen molar-refractivity contribution in [3.8, 4) is 0 Å². The van der Waals surface area contributed by atoms with E-state index in [1.807, 2.05) is 0 Å². The van der Waals surface area contributed by atoms with Gasteiger partial charge >= 0.3 is 5.97 Å². The number of aliphatic carboxylic acids is 1. The van der Waals surface area contributed by atoms with Gasteiger partial charge in [-0.05, 0) is 0 Å². The molecule has 8 heteroatoms. The Morgan fingerprint density at radius 1 is 1.47 bits per heavy atom. The highest BCUT2D eigenvalue weighted by Crippen LogP contribution is 2.10. The van der Waals surface area contributed by atoms with Crippen LogP contribution in [0.5, 0.6) is 0 Å². The number of carbonyl (C=O) groups excluding carboxylic acids is 1. The summed E-state index contributed by atoms with van der Waals surface area (Å²) < 4.78 is 33.4. The normalized spacial score (nSPS) is 19.7. The van der Waals surface area contributed by atoms with Crippen LogP contribution in [0.15, 0.2) is 0 Å². The first kappa shape index (κ1) is 15.8. The van der Waals surface area contributed by atoms with Crippen LogP contribution < -0.4 is 0 Å². The Kier molecular flexibility index (Phi) is 6.65. The van der Waals surface area contributed by atoms with E-state index in [2.05, 4.69) is 4.74 Å². The van der Waals surface area contributed by atoms with E-state index >= 15 is 0 Å². The monoisotopic (exact) mass is 281 g/mol. The fraction of sp³-hybridized carbons (Fsp3) is 0.818. The molecule has 0 saturated carbocycles. The summed E-state index contributed by atoms with van der Waals surface area (Å²) in [6, 6.07) is 0. The number of morpholine rings is 1. The largest absolute Gasteiger partial charge is 0.481 e. The molecule has 1 atom stereocenters. The summed E-state index contributed by atoms with van der Waals surface area (Å²) in [4.78, 5) is 23.7. The summed E-state index contributed by atoms with van der Waals surface area (Å²) in [5.74, 6) is -1.23. The van der Waals surface area contributed by atoms with E-state index in [1.54, 1.807) is 0 Å². The van der Waals surface area contributed by atoms with Gasteiger partial charge in [0.2, 0.25) is 5.91 Å². The van der Waals surface area contributed by atoms with Gasteiger partial charge in [-0.3, -0.25) is 9.59 Å². The maximum atomic E-state index is 11.8. The SMILES string of the molecule is O=C(O)CC1CN(C(=O)CCOCC(F)F)CCO1. The molecule has 1 aliphatic heterocycles. The van der Waals surface area contributed by atoms with Crippen LogP contribution in [0.2, 0.25) is 0 Å². The highest BCUT2D eigenvalue weighted by atomic mass is 19.3. The number of nitrogens with zero attached hydrogens (tertiary/aromatic N) is 1. The second-order valence-electron chi connectivity index (χ2n) is 4.15. The summed E-state index contributed by atoms with van der Waals surface area (Å²) in [5, 5.41) is 8.64. The van der Waals surface area contributed by atoms with Crippen molar-refractivity contribution in [1.29, 1.82) is 0 Å². The maximum absolute atomic E-state index is 11.8. The minimum absolute atomic E-state index is 0.00646. The van der Waals surface area contributed by atoms with Gasteiger partial charge in [0.1, 0.15) is 6.61 Å². The smallest absolute Gasteiger partial charge is 0.306 e. The molecule has 1 fully saturated rings. The fourth-order valence-electron chi connectivity index (χ4n) is 1.75. The van der Waals surface area contributed by atoms with Gasteiger partial charge < -0.3 is 19.5 Å². The number of rotatable bonds is 7. The Balaban J connectivity index is 2.25. The molecule has 1 amide bonds. The Bertz CT molecular complexity index is 313. The topological polar surface area (TPSA) is 76.1 Å². The number of carbonyl (C=O) groups is 2. The number of carboxylic acids is 1. The Hall–Kier alpha value is -1.28. The predicted octanol–water partition coefficient (Wildman–Crippen LogP) is 0.360. The second-order valence-corrected chi connectivity index (χ2v) is 4.15. The molecule has 6 nitrogen and oxygen atoms in total. The van der Waals surface area contributed by atoms with Crippen LogP contribution in [0.1, 0.15) is 12.8 Å². The van der Waals surface area contributed by atoms with Crippen LogP contribution in [0.3, 0.4) is 0 Å². The molecule has 110 valence electrons. The van der Waals surface area contributed by atoms with Crippen molar-refractivity contribution in [1.82, 2.24) is 4.90 Å². The number of amides is 1. The van der Waals surface area contributed by atoms with Crippen molar-refractivity contribution < 1.29 is 33.0 Å². The van der Waals surface area contributed by atoms with E-state index in [-0.39, 0.29) is 38.5 Å². The number of alkyl halides is 2. The van der Waals surface area contributed by atoms with Crippen molar-refractivity contribution in [2.45, 2.75) is 25.4 Å². The zero-order chi connectivity index (χ0) is 14.3. The predicted molar refractivity (Wildman–Crippen MR) is 60.0 cm³/mol. The first-order valence-corrected chi connectivity index (χ1v) is 5.96. The van der Waals surface area contributed by atoms with E-state index in [9.17, 15) is 18.4 Å². The van der Waals surface area contributed by atoms with Crippen molar-refractivity contribution in [2.75, 3.05) is 32.9 Å². The van der Waals surface area contributed by atoms with E-state index in [1.165, 1.54) is 4.90 Å². The molecule has 0 aromatic rings. The Labute approximate surface area is 109 Å². The van der Waals surface area contributed by atoms with Crippen molar-refractivity contribution in [3.05, 3.63) is 0 Å². The second kappa shape index (κ2) is 8.00. The first-order chi connectivity index (χ1) is 8.99. The third kappa shape index (κ3) is 6.44. The molecule has 0 aromatic carbocycles. The van der Waals surface area contributed by atoms with Gasteiger partial charge in [0.15, 0.2) is 0 Å². The number of ether oxygens (including phenoxy) is 2. The van der Waals surface area contributed by atoms with Gasteiger partial charge in [0, 0.05) is 13.1 Å². The zero-order valence-electron chi connectivity index (χ0n) is 10.4.